The Balaban J connectivity index is 1.58. The van der Waals surface area contributed by atoms with Gasteiger partial charge in [0.2, 0.25) is 0 Å². The normalized spacial score (nSPS) is 12.6. The number of hydrogen-bond donors (Lipinski definition) is 1. The van der Waals surface area contributed by atoms with E-state index < -0.39 is 27.8 Å². The van der Waals surface area contributed by atoms with Crippen molar-refractivity contribution in [2.45, 2.75) is 33.0 Å². The largest absolute Gasteiger partial charge is 0.417 e. The van der Waals surface area contributed by atoms with Crippen LogP contribution in [0.1, 0.15) is 35.1 Å². The third-order valence-corrected chi connectivity index (χ3v) is 7.99. The number of alkyl halides is 3. The van der Waals surface area contributed by atoms with E-state index >= 15 is 0 Å². The Morgan fingerprint density at radius 2 is 1.81 bits per heavy atom. The molecule has 4 rings (SSSR count). The molecule has 4 aromatic rings. The van der Waals surface area contributed by atoms with Crippen LogP contribution in [0, 0.1) is 12.8 Å². The number of pyridine rings is 1. The molecule has 0 aliphatic carbocycles. The van der Waals surface area contributed by atoms with Crippen LogP contribution in [-0.4, -0.2) is 34.6 Å². The molecule has 2 aromatic carbocycles. The number of hydrogen-bond acceptors (Lipinski definition) is 6. The lowest BCUT2D eigenvalue weighted by molar-refractivity contribution is -0.137. The Labute approximate surface area is 250 Å². The maximum Gasteiger partial charge on any atom is 0.417 e. The molecule has 0 radical (unpaired) electrons. The molecular formula is C28H25Cl2F3N4O4S. The number of imidazole rings is 1. The van der Waals surface area contributed by atoms with Gasteiger partial charge in [-0.05, 0) is 61.7 Å². The van der Waals surface area contributed by atoms with Crippen LogP contribution in [0.2, 0.25) is 10.0 Å². The molecule has 0 bridgehead atoms. The summed E-state index contributed by atoms with van der Waals surface area (Å²) in [6.45, 7) is 3.76. The van der Waals surface area contributed by atoms with Gasteiger partial charge in [0.05, 0.1) is 16.3 Å². The van der Waals surface area contributed by atoms with Gasteiger partial charge in [0, 0.05) is 29.0 Å². The lowest BCUT2D eigenvalue weighted by atomic mass is 10.1. The first-order valence-electron chi connectivity index (χ1n) is 12.6. The van der Waals surface area contributed by atoms with E-state index in [4.69, 9.17) is 27.4 Å². The van der Waals surface area contributed by atoms with Gasteiger partial charge in [0.25, 0.3) is 5.91 Å². The van der Waals surface area contributed by atoms with Crippen molar-refractivity contribution in [3.63, 3.8) is 0 Å². The molecule has 0 aliphatic rings. The summed E-state index contributed by atoms with van der Waals surface area (Å²) < 4.78 is 70.6. The van der Waals surface area contributed by atoms with Crippen molar-refractivity contribution in [1.82, 2.24) is 14.5 Å². The summed E-state index contributed by atoms with van der Waals surface area (Å²) in [7, 11) is -3.86. The second kappa shape index (κ2) is 12.7. The lowest BCUT2D eigenvalue weighted by Crippen LogP contribution is -2.19. The molecule has 0 fully saturated rings. The van der Waals surface area contributed by atoms with Crippen molar-refractivity contribution in [1.29, 1.82) is 0 Å². The highest BCUT2D eigenvalue weighted by molar-refractivity contribution is 7.87. The van der Waals surface area contributed by atoms with E-state index in [0.717, 1.165) is 12.1 Å². The van der Waals surface area contributed by atoms with E-state index in [9.17, 15) is 26.4 Å². The standard InChI is InChI=1S/C28H25Cl2F3N4O4S/c1-17(12-13-42(39,40)41-21-6-4-3-5-7-21)16-37-18(2)25(36-26(37)22-10-9-20(29)14-23(22)30)27(38)35-24-11-8-19(15-34-24)28(31,32)33/h3-11,14-15,17H,12-13,16H2,1-2H3,(H,34,35,38). The van der Waals surface area contributed by atoms with E-state index in [2.05, 4.69) is 15.3 Å². The Bertz CT molecular complexity index is 1680. The molecule has 14 heteroatoms. The van der Waals surface area contributed by atoms with Gasteiger partial charge in [0.1, 0.15) is 23.1 Å². The maximum absolute atomic E-state index is 13.2. The minimum atomic E-state index is -4.57. The average molecular weight is 641 g/mol. The number of halogens is 5. The van der Waals surface area contributed by atoms with E-state index in [-0.39, 0.29) is 46.9 Å². The van der Waals surface area contributed by atoms with Gasteiger partial charge in [-0.3, -0.25) is 4.79 Å². The Kier molecular flexibility index (Phi) is 9.49. The molecular weight excluding hydrogens is 616 g/mol. The number of benzene rings is 2. The van der Waals surface area contributed by atoms with E-state index in [1.54, 1.807) is 54.0 Å². The first-order valence-corrected chi connectivity index (χ1v) is 14.9. The zero-order chi connectivity index (χ0) is 30.7. The van der Waals surface area contributed by atoms with E-state index in [0.29, 0.717) is 28.3 Å². The van der Waals surface area contributed by atoms with Crippen LogP contribution in [0.4, 0.5) is 19.0 Å². The molecule has 1 amide bonds. The smallest absolute Gasteiger partial charge is 0.382 e. The van der Waals surface area contributed by atoms with E-state index in [1.165, 1.54) is 6.07 Å². The summed E-state index contributed by atoms with van der Waals surface area (Å²) in [5, 5.41) is 3.14. The van der Waals surface area contributed by atoms with Gasteiger partial charge in [-0.1, -0.05) is 48.3 Å². The number of carbonyl (C=O) groups is 1. The van der Waals surface area contributed by atoms with Crippen LogP contribution in [0.3, 0.4) is 0 Å². The molecule has 1 unspecified atom stereocenters. The zero-order valence-corrected chi connectivity index (χ0v) is 24.7. The van der Waals surface area contributed by atoms with Crippen molar-refractivity contribution < 1.29 is 30.6 Å². The number of carbonyl (C=O) groups excluding carboxylic acids is 1. The lowest BCUT2D eigenvalue weighted by Gasteiger charge is -2.17. The third kappa shape index (κ3) is 7.81. The second-order valence-electron chi connectivity index (χ2n) is 9.54. The number of rotatable bonds is 10. The Morgan fingerprint density at radius 1 is 1.10 bits per heavy atom. The predicted octanol–water partition coefficient (Wildman–Crippen LogP) is 7.27. The van der Waals surface area contributed by atoms with Crippen LogP contribution >= 0.6 is 23.2 Å². The molecule has 2 aromatic heterocycles. The van der Waals surface area contributed by atoms with Crippen LogP contribution in [0.5, 0.6) is 5.75 Å². The predicted molar refractivity (Wildman–Crippen MR) is 154 cm³/mol. The molecule has 42 heavy (non-hydrogen) atoms. The minimum absolute atomic E-state index is 0.00931. The summed E-state index contributed by atoms with van der Waals surface area (Å²) in [5.74, 6) is -0.713. The van der Waals surface area contributed by atoms with Crippen molar-refractivity contribution >= 4 is 45.0 Å². The summed E-state index contributed by atoms with van der Waals surface area (Å²) in [6.07, 6.45) is -3.71. The summed E-state index contributed by atoms with van der Waals surface area (Å²) in [4.78, 5) is 21.4. The fourth-order valence-electron chi connectivity index (χ4n) is 4.07. The summed E-state index contributed by atoms with van der Waals surface area (Å²) in [5.41, 5.74) is -0.0606. The first kappa shape index (κ1) is 31.3. The fourth-order valence-corrected chi connectivity index (χ4v) is 5.74. The summed E-state index contributed by atoms with van der Waals surface area (Å²) in [6, 6.07) is 14.8. The average Bonchev–Trinajstić information content (AvgIpc) is 3.23. The Hall–Kier alpha value is -3.61. The third-order valence-electron chi connectivity index (χ3n) is 6.26. The van der Waals surface area contributed by atoms with Gasteiger partial charge in [-0.2, -0.15) is 21.6 Å². The molecule has 8 nitrogen and oxygen atoms in total. The highest BCUT2D eigenvalue weighted by atomic mass is 35.5. The number of aromatic nitrogens is 3. The van der Waals surface area contributed by atoms with Crippen molar-refractivity contribution in [2.75, 3.05) is 11.1 Å². The van der Waals surface area contributed by atoms with Crippen molar-refractivity contribution in [3.8, 4) is 17.1 Å². The molecule has 222 valence electrons. The number of nitrogens with one attached hydrogen (secondary N) is 1. The Morgan fingerprint density at radius 3 is 2.43 bits per heavy atom. The van der Waals surface area contributed by atoms with Crippen LogP contribution in [0.25, 0.3) is 11.4 Å². The van der Waals surface area contributed by atoms with Crippen LogP contribution in [0.15, 0.2) is 66.9 Å². The first-order chi connectivity index (χ1) is 19.7. The fraction of sp³-hybridized carbons (Fsp3) is 0.250. The minimum Gasteiger partial charge on any atom is -0.382 e. The SMILES string of the molecule is Cc1c(C(=O)Nc2ccc(C(F)(F)F)cn2)nc(-c2ccc(Cl)cc2Cl)n1CC(C)CCS(=O)(=O)Oc1ccccc1. The highest BCUT2D eigenvalue weighted by Crippen LogP contribution is 2.33. The van der Waals surface area contributed by atoms with E-state index in [1.807, 2.05) is 6.92 Å². The molecule has 0 saturated heterocycles. The molecule has 1 N–H and O–H groups in total. The van der Waals surface area contributed by atoms with Crippen molar-refractivity contribution in [3.05, 3.63) is 93.9 Å². The van der Waals surface area contributed by atoms with Crippen LogP contribution in [-0.2, 0) is 22.8 Å². The van der Waals surface area contributed by atoms with Gasteiger partial charge in [-0.25, -0.2) is 9.97 Å². The molecule has 0 aliphatic heterocycles. The van der Waals surface area contributed by atoms with Gasteiger partial charge < -0.3 is 14.1 Å². The van der Waals surface area contributed by atoms with Gasteiger partial charge >= 0.3 is 16.3 Å². The maximum atomic E-state index is 13.2. The summed E-state index contributed by atoms with van der Waals surface area (Å²) >= 11 is 12.5. The quantitative estimate of drug-likeness (QED) is 0.183. The van der Waals surface area contributed by atoms with Crippen LogP contribution < -0.4 is 9.50 Å². The molecule has 0 spiro atoms. The molecule has 1 atom stereocenters. The number of para-hydroxylation sites is 1. The molecule has 0 saturated carbocycles. The topological polar surface area (TPSA) is 103 Å². The second-order valence-corrected chi connectivity index (χ2v) is 12.1. The highest BCUT2D eigenvalue weighted by Gasteiger charge is 2.31. The zero-order valence-electron chi connectivity index (χ0n) is 22.3. The van der Waals surface area contributed by atoms with Crippen molar-refractivity contribution in [2.24, 2.45) is 5.92 Å². The number of nitrogens with zero attached hydrogens (tertiary/aromatic N) is 3. The number of amides is 1. The van der Waals surface area contributed by atoms with Gasteiger partial charge in [0.15, 0.2) is 0 Å². The van der Waals surface area contributed by atoms with Gasteiger partial charge in [-0.15, -0.1) is 0 Å². The molecule has 2 heterocycles. The number of anilines is 1. The monoisotopic (exact) mass is 640 g/mol.